The fraction of sp³-hybridized carbons (Fsp3) is 0.188. The van der Waals surface area contributed by atoms with Crippen LogP contribution >= 0.6 is 11.6 Å². The maximum Gasteiger partial charge on any atom is 0.166 e. The van der Waals surface area contributed by atoms with Crippen LogP contribution in [0.5, 0.6) is 11.5 Å². The first-order chi connectivity index (χ1) is 10.1. The summed E-state index contributed by atoms with van der Waals surface area (Å²) in [5.74, 6) is 0.418. The lowest BCUT2D eigenvalue weighted by molar-refractivity contribution is 0.187. The molecular weight excluding hydrogens is 290 g/mol. The lowest BCUT2D eigenvalue weighted by atomic mass is 10.1. The van der Waals surface area contributed by atoms with Gasteiger partial charge in [-0.25, -0.2) is 0 Å². The average molecular weight is 306 g/mol. The van der Waals surface area contributed by atoms with Gasteiger partial charge in [0, 0.05) is 16.8 Å². The number of ether oxygens (including phenoxy) is 1. The summed E-state index contributed by atoms with van der Waals surface area (Å²) in [4.78, 5) is 4.15. The molecule has 0 amide bonds. The zero-order valence-corrected chi connectivity index (χ0v) is 12.3. The van der Waals surface area contributed by atoms with E-state index >= 15 is 0 Å². The Hall–Kier alpha value is -2.04. The summed E-state index contributed by atoms with van der Waals surface area (Å²) >= 11 is 5.80. The molecule has 0 bridgehead atoms. The molecule has 1 atom stereocenters. The van der Waals surface area contributed by atoms with Crippen molar-refractivity contribution in [3.05, 3.63) is 58.6 Å². The minimum atomic E-state index is -0.716. The van der Waals surface area contributed by atoms with Crippen molar-refractivity contribution in [2.24, 2.45) is 4.99 Å². The Morgan fingerprint density at radius 1 is 1.24 bits per heavy atom. The van der Waals surface area contributed by atoms with Crippen LogP contribution in [0.15, 0.2) is 47.5 Å². The monoisotopic (exact) mass is 305 g/mol. The van der Waals surface area contributed by atoms with Crippen molar-refractivity contribution in [2.45, 2.75) is 6.10 Å². The van der Waals surface area contributed by atoms with Crippen molar-refractivity contribution in [1.82, 2.24) is 0 Å². The minimum absolute atomic E-state index is 0.0322. The second-order valence-electron chi connectivity index (χ2n) is 4.46. The van der Waals surface area contributed by atoms with Crippen molar-refractivity contribution in [1.29, 1.82) is 0 Å². The Bertz CT molecular complexity index is 626. The number of para-hydroxylation sites is 1. The fourth-order valence-electron chi connectivity index (χ4n) is 1.85. The third-order valence-electron chi connectivity index (χ3n) is 3.01. The van der Waals surface area contributed by atoms with Crippen LogP contribution in [0.4, 0.5) is 0 Å². The normalized spacial score (nSPS) is 12.5. The van der Waals surface area contributed by atoms with Crippen molar-refractivity contribution in [2.75, 3.05) is 13.7 Å². The number of phenolic OH excluding ortho intramolecular Hbond substituents is 1. The zero-order valence-electron chi connectivity index (χ0n) is 11.5. The van der Waals surface area contributed by atoms with Gasteiger partial charge in [0.05, 0.1) is 19.8 Å². The number of hydrogen-bond donors (Lipinski definition) is 2. The average Bonchev–Trinajstić information content (AvgIpc) is 2.49. The first kappa shape index (κ1) is 15.4. The topological polar surface area (TPSA) is 62.0 Å². The molecule has 21 heavy (non-hydrogen) atoms. The molecule has 0 aliphatic rings. The van der Waals surface area contributed by atoms with E-state index in [0.29, 0.717) is 16.3 Å². The third kappa shape index (κ3) is 3.97. The molecule has 0 radical (unpaired) electrons. The van der Waals surface area contributed by atoms with Gasteiger partial charge in [-0.2, -0.15) is 0 Å². The van der Waals surface area contributed by atoms with Crippen LogP contribution in [0.2, 0.25) is 5.02 Å². The van der Waals surface area contributed by atoms with Gasteiger partial charge in [-0.15, -0.1) is 0 Å². The zero-order chi connectivity index (χ0) is 15.2. The fourth-order valence-corrected chi connectivity index (χ4v) is 1.98. The Kier molecular flexibility index (Phi) is 5.20. The molecule has 110 valence electrons. The Labute approximate surface area is 128 Å². The van der Waals surface area contributed by atoms with E-state index in [0.717, 1.165) is 5.56 Å². The number of hydrogen-bond acceptors (Lipinski definition) is 4. The number of aromatic hydroxyl groups is 1. The van der Waals surface area contributed by atoms with E-state index in [9.17, 15) is 10.2 Å². The van der Waals surface area contributed by atoms with Crippen LogP contribution in [0.25, 0.3) is 0 Å². The van der Waals surface area contributed by atoms with Crippen molar-refractivity contribution >= 4 is 17.8 Å². The number of halogens is 1. The van der Waals surface area contributed by atoms with Gasteiger partial charge in [0.2, 0.25) is 0 Å². The van der Waals surface area contributed by atoms with Crippen molar-refractivity contribution in [3.63, 3.8) is 0 Å². The highest BCUT2D eigenvalue weighted by atomic mass is 35.5. The summed E-state index contributed by atoms with van der Waals surface area (Å²) in [5.41, 5.74) is 1.28. The third-order valence-corrected chi connectivity index (χ3v) is 3.27. The smallest absolute Gasteiger partial charge is 0.166 e. The van der Waals surface area contributed by atoms with Gasteiger partial charge >= 0.3 is 0 Å². The lowest BCUT2D eigenvalue weighted by Crippen LogP contribution is -2.01. The number of aliphatic hydroxyl groups excluding tert-OH is 1. The lowest BCUT2D eigenvalue weighted by Gasteiger charge is -2.08. The minimum Gasteiger partial charge on any atom is -0.504 e. The largest absolute Gasteiger partial charge is 0.504 e. The van der Waals surface area contributed by atoms with E-state index in [1.807, 2.05) is 0 Å². The molecular formula is C16H16ClNO3. The molecule has 5 heteroatoms. The summed E-state index contributed by atoms with van der Waals surface area (Å²) in [7, 11) is 1.49. The van der Waals surface area contributed by atoms with Gasteiger partial charge < -0.3 is 14.9 Å². The molecule has 0 heterocycles. The SMILES string of the molecule is COc1cccc(C=NCC(O)c2ccc(Cl)cc2)c1O. The molecule has 2 aromatic carbocycles. The molecule has 0 aromatic heterocycles. The highest BCUT2D eigenvalue weighted by Crippen LogP contribution is 2.28. The van der Waals surface area contributed by atoms with E-state index in [1.54, 1.807) is 42.5 Å². The first-order valence-corrected chi connectivity index (χ1v) is 6.79. The highest BCUT2D eigenvalue weighted by molar-refractivity contribution is 6.30. The number of phenols is 1. The first-order valence-electron chi connectivity index (χ1n) is 6.41. The van der Waals surface area contributed by atoms with Gasteiger partial charge in [-0.3, -0.25) is 4.99 Å². The van der Waals surface area contributed by atoms with Gasteiger partial charge in [0.25, 0.3) is 0 Å². The Morgan fingerprint density at radius 3 is 2.62 bits per heavy atom. The van der Waals surface area contributed by atoms with E-state index in [4.69, 9.17) is 16.3 Å². The van der Waals surface area contributed by atoms with Crippen LogP contribution in [0, 0.1) is 0 Å². The van der Waals surface area contributed by atoms with E-state index in [1.165, 1.54) is 13.3 Å². The molecule has 1 unspecified atom stereocenters. The summed E-state index contributed by atoms with van der Waals surface area (Å²) in [6, 6.07) is 12.1. The number of aliphatic imine (C=N–C) groups is 1. The Morgan fingerprint density at radius 2 is 1.95 bits per heavy atom. The van der Waals surface area contributed by atoms with E-state index in [2.05, 4.69) is 4.99 Å². The molecule has 0 aliphatic carbocycles. The number of aliphatic hydroxyl groups is 1. The van der Waals surface area contributed by atoms with Crippen LogP contribution in [-0.4, -0.2) is 30.1 Å². The van der Waals surface area contributed by atoms with Crippen molar-refractivity contribution < 1.29 is 14.9 Å². The van der Waals surface area contributed by atoms with Crippen LogP contribution < -0.4 is 4.74 Å². The predicted octanol–water partition coefficient (Wildman–Crippen LogP) is 3.21. The number of nitrogens with zero attached hydrogens (tertiary/aromatic N) is 1. The highest BCUT2D eigenvalue weighted by Gasteiger charge is 2.07. The molecule has 0 spiro atoms. The standard InChI is InChI=1S/C16H16ClNO3/c1-21-15-4-2-3-12(16(15)20)9-18-10-14(19)11-5-7-13(17)8-6-11/h2-9,14,19-20H,10H2,1H3. The maximum atomic E-state index is 10.0. The Balaban J connectivity index is 2.04. The quantitative estimate of drug-likeness (QED) is 0.834. The molecule has 0 fully saturated rings. The van der Waals surface area contributed by atoms with E-state index in [-0.39, 0.29) is 12.3 Å². The van der Waals surface area contributed by atoms with Gasteiger partial charge in [0.1, 0.15) is 0 Å². The molecule has 0 saturated carbocycles. The van der Waals surface area contributed by atoms with Gasteiger partial charge in [-0.1, -0.05) is 29.8 Å². The number of benzene rings is 2. The summed E-state index contributed by atoms with van der Waals surface area (Å²) < 4.78 is 5.02. The van der Waals surface area contributed by atoms with Crippen LogP contribution in [0.1, 0.15) is 17.2 Å². The second kappa shape index (κ2) is 7.11. The summed E-state index contributed by atoms with van der Waals surface area (Å²) in [6.45, 7) is 0.193. The van der Waals surface area contributed by atoms with Crippen LogP contribution in [0.3, 0.4) is 0 Å². The van der Waals surface area contributed by atoms with E-state index < -0.39 is 6.10 Å². The van der Waals surface area contributed by atoms with Crippen molar-refractivity contribution in [3.8, 4) is 11.5 Å². The predicted molar refractivity (Wildman–Crippen MR) is 83.5 cm³/mol. The molecule has 2 aromatic rings. The van der Waals surface area contributed by atoms with Gasteiger partial charge in [-0.05, 0) is 29.8 Å². The van der Waals surface area contributed by atoms with Crippen LogP contribution in [-0.2, 0) is 0 Å². The molecule has 2 N–H and O–H groups in total. The molecule has 0 aliphatic heterocycles. The molecule has 4 nitrogen and oxygen atoms in total. The molecule has 2 rings (SSSR count). The second-order valence-corrected chi connectivity index (χ2v) is 4.90. The summed E-state index contributed by atoms with van der Waals surface area (Å²) in [6.07, 6.45) is 0.794. The van der Waals surface area contributed by atoms with Gasteiger partial charge in [0.15, 0.2) is 11.5 Å². The number of methoxy groups -OCH3 is 1. The summed E-state index contributed by atoms with van der Waals surface area (Å²) in [5, 5.41) is 20.5. The number of rotatable bonds is 5. The maximum absolute atomic E-state index is 10.0. The molecule has 0 saturated heterocycles.